The Morgan fingerprint density at radius 1 is 0.941 bits per heavy atom. The van der Waals surface area contributed by atoms with Gasteiger partial charge in [0.05, 0.1) is 0 Å². The molecule has 88 valence electrons. The molecule has 1 unspecified atom stereocenters. The molecule has 0 spiro atoms. The second-order valence-corrected chi connectivity index (χ2v) is 5.73. The maximum Gasteiger partial charge on any atom is 0.104 e. The number of hydrogen-bond acceptors (Lipinski definition) is 1. The fourth-order valence-electron chi connectivity index (χ4n) is 1.62. The van der Waals surface area contributed by atoms with Crippen molar-refractivity contribution in [3.8, 4) is 0 Å². The molecule has 1 nitrogen and oxygen atoms in total. The molecular formula is C14H12Br2O. The van der Waals surface area contributed by atoms with Gasteiger partial charge in [0.1, 0.15) is 6.10 Å². The fourth-order valence-corrected chi connectivity index (χ4v) is 2.28. The molecule has 1 N–H and O–H groups in total. The molecule has 0 radical (unpaired) electrons. The van der Waals surface area contributed by atoms with Crippen molar-refractivity contribution in [3.05, 3.63) is 68.1 Å². The predicted molar refractivity (Wildman–Crippen MR) is 77.1 cm³/mol. The highest BCUT2D eigenvalue weighted by Gasteiger charge is 2.11. The van der Waals surface area contributed by atoms with Crippen LogP contribution in [0.5, 0.6) is 0 Å². The molecule has 0 bridgehead atoms. The summed E-state index contributed by atoms with van der Waals surface area (Å²) < 4.78 is 2.03. The average Bonchev–Trinajstić information content (AvgIpc) is 2.33. The highest BCUT2D eigenvalue weighted by atomic mass is 79.9. The Morgan fingerprint density at radius 3 is 2.12 bits per heavy atom. The smallest absolute Gasteiger partial charge is 0.104 e. The van der Waals surface area contributed by atoms with Crippen LogP contribution in [0.25, 0.3) is 0 Å². The zero-order chi connectivity index (χ0) is 12.4. The first-order valence-corrected chi connectivity index (χ1v) is 6.86. The normalized spacial score (nSPS) is 12.5. The lowest BCUT2D eigenvalue weighted by molar-refractivity contribution is 0.220. The van der Waals surface area contributed by atoms with Crippen LogP contribution >= 0.6 is 31.9 Å². The standard InChI is InChI=1S/C14H12Br2O/c1-9-2-3-11(8-13(9)16)14(17)10-4-6-12(15)7-5-10/h2-8,14,17H,1H3. The minimum atomic E-state index is -0.583. The summed E-state index contributed by atoms with van der Waals surface area (Å²) in [6, 6.07) is 13.6. The Labute approximate surface area is 118 Å². The lowest BCUT2D eigenvalue weighted by Gasteiger charge is -2.12. The predicted octanol–water partition coefficient (Wildman–Crippen LogP) is 4.60. The van der Waals surface area contributed by atoms with Gasteiger partial charge in [-0.2, -0.15) is 0 Å². The molecule has 0 aliphatic carbocycles. The average molecular weight is 356 g/mol. The van der Waals surface area contributed by atoms with Crippen molar-refractivity contribution < 1.29 is 5.11 Å². The van der Waals surface area contributed by atoms with E-state index in [0.29, 0.717) is 0 Å². The van der Waals surface area contributed by atoms with Crippen LogP contribution in [0.1, 0.15) is 22.8 Å². The fraction of sp³-hybridized carbons (Fsp3) is 0.143. The van der Waals surface area contributed by atoms with Crippen molar-refractivity contribution >= 4 is 31.9 Å². The first-order valence-electron chi connectivity index (χ1n) is 5.27. The SMILES string of the molecule is Cc1ccc(C(O)c2ccc(Br)cc2)cc1Br. The van der Waals surface area contributed by atoms with E-state index in [-0.39, 0.29) is 0 Å². The van der Waals surface area contributed by atoms with Gasteiger partial charge < -0.3 is 5.11 Å². The number of aliphatic hydroxyl groups excluding tert-OH is 1. The molecule has 1 atom stereocenters. The zero-order valence-electron chi connectivity index (χ0n) is 9.32. The van der Waals surface area contributed by atoms with E-state index < -0.39 is 6.10 Å². The van der Waals surface area contributed by atoms with Crippen LogP contribution in [-0.2, 0) is 0 Å². The molecule has 3 heteroatoms. The van der Waals surface area contributed by atoms with E-state index in [1.807, 2.05) is 49.4 Å². The second-order valence-electron chi connectivity index (χ2n) is 3.96. The third-order valence-corrected chi connectivity index (χ3v) is 4.08. The van der Waals surface area contributed by atoms with Gasteiger partial charge in [-0.15, -0.1) is 0 Å². The molecule has 17 heavy (non-hydrogen) atoms. The van der Waals surface area contributed by atoms with Crippen molar-refractivity contribution in [2.45, 2.75) is 13.0 Å². The van der Waals surface area contributed by atoms with E-state index in [1.54, 1.807) is 0 Å². The molecule has 0 fully saturated rings. The molecule has 2 aromatic carbocycles. The quantitative estimate of drug-likeness (QED) is 0.834. The first kappa shape index (κ1) is 12.8. The molecule has 0 saturated heterocycles. The third kappa shape index (κ3) is 2.97. The van der Waals surface area contributed by atoms with Crippen molar-refractivity contribution in [1.82, 2.24) is 0 Å². The summed E-state index contributed by atoms with van der Waals surface area (Å²) in [5.41, 5.74) is 2.95. The van der Waals surface area contributed by atoms with Crippen molar-refractivity contribution in [1.29, 1.82) is 0 Å². The van der Waals surface area contributed by atoms with E-state index in [0.717, 1.165) is 25.6 Å². The third-order valence-electron chi connectivity index (χ3n) is 2.70. The van der Waals surface area contributed by atoms with Crippen LogP contribution < -0.4 is 0 Å². The molecule has 2 aromatic rings. The number of halogens is 2. The summed E-state index contributed by atoms with van der Waals surface area (Å²) in [5, 5.41) is 10.3. The Hall–Kier alpha value is -0.640. The van der Waals surface area contributed by atoms with Gasteiger partial charge in [0.25, 0.3) is 0 Å². The van der Waals surface area contributed by atoms with Gasteiger partial charge in [0.2, 0.25) is 0 Å². The minimum absolute atomic E-state index is 0.583. The number of rotatable bonds is 2. The molecule has 0 heterocycles. The summed E-state index contributed by atoms with van der Waals surface area (Å²) in [4.78, 5) is 0. The van der Waals surface area contributed by atoms with E-state index >= 15 is 0 Å². The van der Waals surface area contributed by atoms with Crippen LogP contribution in [0.15, 0.2) is 51.4 Å². The Bertz CT molecular complexity index is 520. The van der Waals surface area contributed by atoms with Gasteiger partial charge in [-0.3, -0.25) is 0 Å². The molecule has 0 amide bonds. The van der Waals surface area contributed by atoms with E-state index in [4.69, 9.17) is 0 Å². The minimum Gasteiger partial charge on any atom is -0.384 e. The summed E-state index contributed by atoms with van der Waals surface area (Å²) in [6.45, 7) is 2.03. The highest BCUT2D eigenvalue weighted by Crippen LogP contribution is 2.27. The Kier molecular flexibility index (Phi) is 4.02. The van der Waals surface area contributed by atoms with Crippen molar-refractivity contribution in [2.75, 3.05) is 0 Å². The Balaban J connectivity index is 2.33. The van der Waals surface area contributed by atoms with Crippen LogP contribution in [0.4, 0.5) is 0 Å². The van der Waals surface area contributed by atoms with Gasteiger partial charge >= 0.3 is 0 Å². The highest BCUT2D eigenvalue weighted by molar-refractivity contribution is 9.10. The maximum absolute atomic E-state index is 10.3. The van der Waals surface area contributed by atoms with Crippen LogP contribution in [0.3, 0.4) is 0 Å². The second kappa shape index (κ2) is 5.34. The number of benzene rings is 2. The van der Waals surface area contributed by atoms with Gasteiger partial charge in [0.15, 0.2) is 0 Å². The monoisotopic (exact) mass is 354 g/mol. The van der Waals surface area contributed by atoms with E-state index in [1.165, 1.54) is 0 Å². The van der Waals surface area contributed by atoms with Crippen LogP contribution in [0.2, 0.25) is 0 Å². The first-order chi connectivity index (χ1) is 8.08. The molecule has 0 aromatic heterocycles. The topological polar surface area (TPSA) is 20.2 Å². The summed E-state index contributed by atoms with van der Waals surface area (Å²) in [7, 11) is 0. The molecule has 0 aliphatic heterocycles. The van der Waals surface area contributed by atoms with Gasteiger partial charge in [0, 0.05) is 8.95 Å². The zero-order valence-corrected chi connectivity index (χ0v) is 12.5. The van der Waals surface area contributed by atoms with Crippen LogP contribution in [0, 0.1) is 6.92 Å². The number of hydrogen-bond donors (Lipinski definition) is 1. The molecule has 2 rings (SSSR count). The van der Waals surface area contributed by atoms with Gasteiger partial charge in [-0.25, -0.2) is 0 Å². The van der Waals surface area contributed by atoms with Gasteiger partial charge in [-0.05, 0) is 41.8 Å². The lowest BCUT2D eigenvalue weighted by atomic mass is 10.0. The Morgan fingerprint density at radius 2 is 1.53 bits per heavy atom. The summed E-state index contributed by atoms with van der Waals surface area (Å²) in [6.07, 6.45) is -0.583. The maximum atomic E-state index is 10.3. The van der Waals surface area contributed by atoms with Gasteiger partial charge in [-0.1, -0.05) is 56.1 Å². The number of aryl methyl sites for hydroxylation is 1. The molecule has 0 saturated carbocycles. The van der Waals surface area contributed by atoms with E-state index in [2.05, 4.69) is 31.9 Å². The van der Waals surface area contributed by atoms with Crippen molar-refractivity contribution in [3.63, 3.8) is 0 Å². The largest absolute Gasteiger partial charge is 0.384 e. The lowest BCUT2D eigenvalue weighted by Crippen LogP contribution is -1.99. The number of aliphatic hydroxyl groups is 1. The molecular weight excluding hydrogens is 344 g/mol. The summed E-state index contributed by atoms with van der Waals surface area (Å²) >= 11 is 6.86. The van der Waals surface area contributed by atoms with Crippen molar-refractivity contribution in [2.24, 2.45) is 0 Å². The summed E-state index contributed by atoms with van der Waals surface area (Å²) in [5.74, 6) is 0. The molecule has 0 aliphatic rings. The van der Waals surface area contributed by atoms with E-state index in [9.17, 15) is 5.11 Å². The van der Waals surface area contributed by atoms with Crippen LogP contribution in [-0.4, -0.2) is 5.11 Å².